The standard InChI is InChI=1S/C14H19N3O4/c1-2-21-11-4-3-7-16(9-11)13-6-5-10(17(19)20)8-12(13)14(15)18/h5-6,8,11H,2-4,7,9H2,1H3,(H2,15,18). The molecule has 1 unspecified atom stereocenters. The van der Waals surface area contributed by atoms with Crippen LogP contribution in [-0.4, -0.2) is 36.6 Å². The van der Waals surface area contributed by atoms with Gasteiger partial charge in [-0.2, -0.15) is 0 Å². The third kappa shape index (κ3) is 3.49. The van der Waals surface area contributed by atoms with E-state index in [1.165, 1.54) is 12.1 Å². The normalized spacial score (nSPS) is 18.5. The van der Waals surface area contributed by atoms with E-state index >= 15 is 0 Å². The van der Waals surface area contributed by atoms with E-state index in [2.05, 4.69) is 0 Å². The van der Waals surface area contributed by atoms with Crippen molar-refractivity contribution in [1.29, 1.82) is 0 Å². The molecule has 7 heteroatoms. The van der Waals surface area contributed by atoms with E-state index in [0.29, 0.717) is 18.8 Å². The van der Waals surface area contributed by atoms with Crippen LogP contribution in [0.5, 0.6) is 0 Å². The number of nitro groups is 1. The van der Waals surface area contributed by atoms with Gasteiger partial charge in [-0.3, -0.25) is 14.9 Å². The Morgan fingerprint density at radius 1 is 1.57 bits per heavy atom. The van der Waals surface area contributed by atoms with Crippen molar-refractivity contribution in [3.8, 4) is 0 Å². The zero-order chi connectivity index (χ0) is 15.4. The number of carbonyl (C=O) groups is 1. The summed E-state index contributed by atoms with van der Waals surface area (Å²) < 4.78 is 5.63. The van der Waals surface area contributed by atoms with Crippen LogP contribution in [0.4, 0.5) is 11.4 Å². The van der Waals surface area contributed by atoms with Crippen molar-refractivity contribution < 1.29 is 14.5 Å². The van der Waals surface area contributed by atoms with Crippen LogP contribution in [0.15, 0.2) is 18.2 Å². The van der Waals surface area contributed by atoms with Crippen LogP contribution in [0.3, 0.4) is 0 Å². The van der Waals surface area contributed by atoms with Gasteiger partial charge >= 0.3 is 0 Å². The third-order valence-corrected chi connectivity index (χ3v) is 3.58. The molecular formula is C14H19N3O4. The molecule has 114 valence electrons. The highest BCUT2D eigenvalue weighted by atomic mass is 16.6. The molecule has 1 saturated heterocycles. The molecule has 7 nitrogen and oxygen atoms in total. The molecule has 1 heterocycles. The number of anilines is 1. The largest absolute Gasteiger partial charge is 0.377 e. The van der Waals surface area contributed by atoms with Crippen LogP contribution in [-0.2, 0) is 4.74 Å². The highest BCUT2D eigenvalue weighted by Gasteiger charge is 2.24. The molecule has 1 aromatic carbocycles. The summed E-state index contributed by atoms with van der Waals surface area (Å²) in [6.07, 6.45) is 2.03. The first-order valence-corrected chi connectivity index (χ1v) is 6.97. The molecule has 1 amide bonds. The average Bonchev–Trinajstić information content (AvgIpc) is 2.47. The molecule has 1 aliphatic rings. The van der Waals surface area contributed by atoms with Crippen LogP contribution in [0, 0.1) is 10.1 Å². The number of carbonyl (C=O) groups excluding carboxylic acids is 1. The highest BCUT2D eigenvalue weighted by molar-refractivity contribution is 5.99. The molecule has 2 rings (SSSR count). The maximum Gasteiger partial charge on any atom is 0.270 e. The average molecular weight is 293 g/mol. The molecule has 0 aliphatic carbocycles. The monoisotopic (exact) mass is 293 g/mol. The fourth-order valence-corrected chi connectivity index (χ4v) is 2.64. The Morgan fingerprint density at radius 2 is 2.33 bits per heavy atom. The van der Waals surface area contributed by atoms with Crippen molar-refractivity contribution >= 4 is 17.3 Å². The van der Waals surface area contributed by atoms with E-state index in [0.717, 1.165) is 19.4 Å². The quantitative estimate of drug-likeness (QED) is 0.658. The number of nitrogens with two attached hydrogens (primary N) is 1. The minimum Gasteiger partial charge on any atom is -0.377 e. The van der Waals surface area contributed by atoms with Crippen LogP contribution in [0.25, 0.3) is 0 Å². The predicted octanol–water partition coefficient (Wildman–Crippen LogP) is 1.70. The predicted molar refractivity (Wildman–Crippen MR) is 78.5 cm³/mol. The first-order chi connectivity index (χ1) is 10.0. The summed E-state index contributed by atoms with van der Waals surface area (Å²) in [5, 5.41) is 10.8. The fraction of sp³-hybridized carbons (Fsp3) is 0.500. The lowest BCUT2D eigenvalue weighted by molar-refractivity contribution is -0.384. The summed E-state index contributed by atoms with van der Waals surface area (Å²) >= 11 is 0. The Labute approximate surface area is 122 Å². The maximum absolute atomic E-state index is 11.6. The van der Waals surface area contributed by atoms with Crippen LogP contribution < -0.4 is 10.6 Å². The van der Waals surface area contributed by atoms with Crippen molar-refractivity contribution in [3.05, 3.63) is 33.9 Å². The van der Waals surface area contributed by atoms with E-state index < -0.39 is 10.8 Å². The summed E-state index contributed by atoms with van der Waals surface area (Å²) in [4.78, 5) is 23.9. The van der Waals surface area contributed by atoms with Gasteiger partial charge in [0.25, 0.3) is 11.6 Å². The topological polar surface area (TPSA) is 98.7 Å². The molecule has 1 atom stereocenters. The number of non-ortho nitro benzene ring substituents is 1. The van der Waals surface area contributed by atoms with Gasteiger partial charge in [0.15, 0.2) is 0 Å². The molecule has 1 fully saturated rings. The Hall–Kier alpha value is -2.15. The van der Waals surface area contributed by atoms with Crippen LogP contribution in [0.2, 0.25) is 0 Å². The molecule has 0 saturated carbocycles. The van der Waals surface area contributed by atoms with Crippen LogP contribution in [0.1, 0.15) is 30.1 Å². The SMILES string of the molecule is CCOC1CCCN(c2ccc([N+](=O)[O-])cc2C(N)=O)C1. The molecule has 1 aliphatic heterocycles. The number of ether oxygens (including phenoxy) is 1. The molecule has 0 bridgehead atoms. The molecule has 1 aromatic rings. The van der Waals surface area contributed by atoms with Crippen molar-refractivity contribution in [2.45, 2.75) is 25.9 Å². The Bertz CT molecular complexity index is 545. The number of nitro benzene ring substituents is 1. The van der Waals surface area contributed by atoms with Crippen molar-refractivity contribution in [1.82, 2.24) is 0 Å². The second kappa shape index (κ2) is 6.53. The number of rotatable bonds is 5. The lowest BCUT2D eigenvalue weighted by Crippen LogP contribution is -2.40. The number of nitrogens with zero attached hydrogens (tertiary/aromatic N) is 2. The molecular weight excluding hydrogens is 274 g/mol. The third-order valence-electron chi connectivity index (χ3n) is 3.58. The van der Waals surface area contributed by atoms with Gasteiger partial charge in [-0.25, -0.2) is 0 Å². The van der Waals surface area contributed by atoms with Crippen molar-refractivity contribution in [2.24, 2.45) is 5.73 Å². The number of hydrogen-bond acceptors (Lipinski definition) is 5. The van der Waals surface area contributed by atoms with Gasteiger partial charge in [0.1, 0.15) is 0 Å². The van der Waals surface area contributed by atoms with Crippen molar-refractivity contribution in [3.63, 3.8) is 0 Å². The first kappa shape index (κ1) is 15.2. The maximum atomic E-state index is 11.6. The number of primary amides is 1. The Balaban J connectivity index is 2.29. The van der Waals surface area contributed by atoms with Gasteiger partial charge in [0.2, 0.25) is 0 Å². The van der Waals surface area contributed by atoms with E-state index in [1.54, 1.807) is 6.07 Å². The first-order valence-electron chi connectivity index (χ1n) is 6.97. The summed E-state index contributed by atoms with van der Waals surface area (Å²) in [7, 11) is 0. The minimum absolute atomic E-state index is 0.111. The lowest BCUT2D eigenvalue weighted by atomic mass is 10.0. The van der Waals surface area contributed by atoms with Gasteiger partial charge in [-0.05, 0) is 25.8 Å². The molecule has 0 radical (unpaired) electrons. The van der Waals surface area contributed by atoms with Gasteiger partial charge in [-0.15, -0.1) is 0 Å². The van der Waals surface area contributed by atoms with Gasteiger partial charge in [0.05, 0.1) is 22.3 Å². The number of hydrogen-bond donors (Lipinski definition) is 1. The smallest absolute Gasteiger partial charge is 0.270 e. The summed E-state index contributed by atoms with van der Waals surface area (Å²) in [6, 6.07) is 4.22. The molecule has 0 aromatic heterocycles. The van der Waals surface area contributed by atoms with E-state index in [4.69, 9.17) is 10.5 Å². The second-order valence-electron chi connectivity index (χ2n) is 4.99. The zero-order valence-corrected chi connectivity index (χ0v) is 11.9. The van der Waals surface area contributed by atoms with Gasteiger partial charge < -0.3 is 15.4 Å². The second-order valence-corrected chi connectivity index (χ2v) is 4.99. The highest BCUT2D eigenvalue weighted by Crippen LogP contribution is 2.28. The van der Waals surface area contributed by atoms with Gasteiger partial charge in [-0.1, -0.05) is 0 Å². The Kier molecular flexibility index (Phi) is 4.74. The van der Waals surface area contributed by atoms with Crippen molar-refractivity contribution in [2.75, 3.05) is 24.6 Å². The van der Waals surface area contributed by atoms with Crippen LogP contribution >= 0.6 is 0 Å². The fourth-order valence-electron chi connectivity index (χ4n) is 2.64. The molecule has 0 spiro atoms. The Morgan fingerprint density at radius 3 is 2.95 bits per heavy atom. The van der Waals surface area contributed by atoms with E-state index in [9.17, 15) is 14.9 Å². The molecule has 2 N–H and O–H groups in total. The lowest BCUT2D eigenvalue weighted by Gasteiger charge is -2.34. The summed E-state index contributed by atoms with van der Waals surface area (Å²) in [6.45, 7) is 4.02. The van der Waals surface area contributed by atoms with Gasteiger partial charge in [0, 0.05) is 31.8 Å². The summed E-state index contributed by atoms with van der Waals surface area (Å²) in [5.74, 6) is -0.660. The zero-order valence-electron chi connectivity index (χ0n) is 11.9. The number of amides is 1. The van der Waals surface area contributed by atoms with E-state index in [-0.39, 0.29) is 17.4 Å². The summed E-state index contributed by atoms with van der Waals surface area (Å²) in [5.41, 5.74) is 6.05. The van der Waals surface area contributed by atoms with E-state index in [1.807, 2.05) is 11.8 Å². The number of benzene rings is 1. The number of piperidine rings is 1. The minimum atomic E-state index is -0.660. The molecule has 21 heavy (non-hydrogen) atoms.